The van der Waals surface area contributed by atoms with Gasteiger partial charge in [0.25, 0.3) is 0 Å². The summed E-state index contributed by atoms with van der Waals surface area (Å²) in [6.45, 7) is 2.66. The lowest BCUT2D eigenvalue weighted by atomic mass is 9.95. The van der Waals surface area contributed by atoms with Gasteiger partial charge in [0.2, 0.25) is 5.72 Å². The van der Waals surface area contributed by atoms with E-state index >= 15 is 0 Å². The maximum absolute atomic E-state index is 5.94. The van der Waals surface area contributed by atoms with E-state index in [1.807, 2.05) is 25.1 Å². The summed E-state index contributed by atoms with van der Waals surface area (Å²) in [6, 6.07) is 6.12. The van der Waals surface area contributed by atoms with E-state index < -0.39 is 5.72 Å². The quantitative estimate of drug-likeness (QED) is 0.673. The van der Waals surface area contributed by atoms with Crippen LogP contribution in [0.5, 0.6) is 0 Å². The Morgan fingerprint density at radius 3 is 3.06 bits per heavy atom. The Labute approximate surface area is 94.0 Å². The summed E-state index contributed by atoms with van der Waals surface area (Å²) in [5.41, 5.74) is 8.42. The summed E-state index contributed by atoms with van der Waals surface area (Å²) in [5, 5.41) is 0. The third-order valence-corrected chi connectivity index (χ3v) is 3.11. The molecule has 2 aliphatic heterocycles. The van der Waals surface area contributed by atoms with Gasteiger partial charge in [-0.2, -0.15) is 0 Å². The standard InChI is InChI=1S/C12H14N2O2/c1-8-3-4-10-9(7-8)11(13)14-12(10)5-2-6-15-16-12/h3-4,7H,2,5-6H2,1H3,(H2,13,14). The summed E-state index contributed by atoms with van der Waals surface area (Å²) in [7, 11) is 0. The Bertz CT molecular complexity index is 462. The van der Waals surface area contributed by atoms with Crippen molar-refractivity contribution in [1.82, 2.24) is 0 Å². The van der Waals surface area contributed by atoms with Crippen molar-refractivity contribution in [2.75, 3.05) is 6.61 Å². The highest BCUT2D eigenvalue weighted by atomic mass is 17.2. The molecule has 16 heavy (non-hydrogen) atoms. The first-order chi connectivity index (χ1) is 7.71. The fraction of sp³-hybridized carbons (Fsp3) is 0.417. The smallest absolute Gasteiger partial charge is 0.221 e. The fourth-order valence-corrected chi connectivity index (χ4v) is 2.33. The minimum absolute atomic E-state index is 0.546. The number of nitrogens with two attached hydrogens (primary N) is 1. The second kappa shape index (κ2) is 3.30. The van der Waals surface area contributed by atoms with Gasteiger partial charge < -0.3 is 5.73 Å². The number of aryl methyl sites for hydroxylation is 1. The summed E-state index contributed by atoms with van der Waals surface area (Å²) < 4.78 is 0. The molecule has 2 N–H and O–H groups in total. The van der Waals surface area contributed by atoms with Gasteiger partial charge in [-0.1, -0.05) is 17.7 Å². The average Bonchev–Trinajstić information content (AvgIpc) is 2.53. The number of hydrogen-bond donors (Lipinski definition) is 1. The first-order valence-electron chi connectivity index (χ1n) is 5.49. The van der Waals surface area contributed by atoms with E-state index in [1.165, 1.54) is 5.56 Å². The van der Waals surface area contributed by atoms with Crippen molar-refractivity contribution in [3.05, 3.63) is 34.9 Å². The Kier molecular flexibility index (Phi) is 2.02. The van der Waals surface area contributed by atoms with Gasteiger partial charge in [-0.15, -0.1) is 0 Å². The average molecular weight is 218 g/mol. The van der Waals surface area contributed by atoms with Gasteiger partial charge in [-0.05, 0) is 19.4 Å². The van der Waals surface area contributed by atoms with Crippen LogP contribution in [-0.2, 0) is 15.5 Å². The summed E-state index contributed by atoms with van der Waals surface area (Å²) in [5.74, 6) is 0.546. The molecule has 1 fully saturated rings. The van der Waals surface area contributed by atoms with Gasteiger partial charge in [0.05, 0.1) is 6.61 Å². The molecule has 84 valence electrons. The van der Waals surface area contributed by atoms with Gasteiger partial charge >= 0.3 is 0 Å². The van der Waals surface area contributed by atoms with E-state index in [1.54, 1.807) is 0 Å². The van der Waals surface area contributed by atoms with Crippen LogP contribution in [0.3, 0.4) is 0 Å². The molecule has 1 spiro atoms. The number of nitrogens with zero attached hydrogens (tertiary/aromatic N) is 1. The van der Waals surface area contributed by atoms with Crippen LogP contribution in [0.15, 0.2) is 23.2 Å². The van der Waals surface area contributed by atoms with Crippen LogP contribution in [0.25, 0.3) is 0 Å². The maximum Gasteiger partial charge on any atom is 0.221 e. The van der Waals surface area contributed by atoms with Crippen molar-refractivity contribution in [2.24, 2.45) is 10.7 Å². The minimum atomic E-state index is -0.689. The van der Waals surface area contributed by atoms with E-state index in [2.05, 4.69) is 4.99 Å². The number of fused-ring (bicyclic) bond motifs is 2. The number of hydrogen-bond acceptors (Lipinski definition) is 4. The van der Waals surface area contributed by atoms with Crippen LogP contribution in [0, 0.1) is 6.92 Å². The topological polar surface area (TPSA) is 56.8 Å². The molecule has 1 saturated heterocycles. The van der Waals surface area contributed by atoms with E-state index in [0.717, 1.165) is 24.0 Å². The van der Waals surface area contributed by atoms with E-state index in [4.69, 9.17) is 15.5 Å². The monoisotopic (exact) mass is 218 g/mol. The number of aliphatic imine (C=N–C) groups is 1. The van der Waals surface area contributed by atoms with Gasteiger partial charge in [0.15, 0.2) is 0 Å². The Morgan fingerprint density at radius 2 is 2.31 bits per heavy atom. The number of benzene rings is 1. The van der Waals surface area contributed by atoms with Crippen LogP contribution < -0.4 is 5.73 Å². The molecule has 1 unspecified atom stereocenters. The van der Waals surface area contributed by atoms with Crippen LogP contribution in [0.4, 0.5) is 0 Å². The second-order valence-corrected chi connectivity index (χ2v) is 4.34. The third-order valence-electron chi connectivity index (χ3n) is 3.11. The molecular weight excluding hydrogens is 204 g/mol. The molecule has 2 aliphatic rings. The molecule has 4 heteroatoms. The van der Waals surface area contributed by atoms with Gasteiger partial charge in [-0.3, -0.25) is 0 Å². The summed E-state index contributed by atoms with van der Waals surface area (Å²) >= 11 is 0. The lowest BCUT2D eigenvalue weighted by Crippen LogP contribution is -2.30. The summed E-state index contributed by atoms with van der Waals surface area (Å²) in [4.78, 5) is 14.9. The molecule has 0 saturated carbocycles. The van der Waals surface area contributed by atoms with Crippen molar-refractivity contribution in [3.8, 4) is 0 Å². The molecule has 0 radical (unpaired) electrons. The van der Waals surface area contributed by atoms with Crippen LogP contribution >= 0.6 is 0 Å². The van der Waals surface area contributed by atoms with E-state index in [-0.39, 0.29) is 0 Å². The van der Waals surface area contributed by atoms with Crippen molar-refractivity contribution in [3.63, 3.8) is 0 Å². The molecule has 0 amide bonds. The molecular formula is C12H14N2O2. The van der Waals surface area contributed by atoms with E-state index in [9.17, 15) is 0 Å². The zero-order valence-corrected chi connectivity index (χ0v) is 9.19. The highest BCUT2D eigenvalue weighted by molar-refractivity contribution is 6.01. The van der Waals surface area contributed by atoms with Crippen LogP contribution in [0.1, 0.15) is 29.5 Å². The first kappa shape index (κ1) is 9.81. The number of rotatable bonds is 0. The van der Waals surface area contributed by atoms with Gasteiger partial charge in [0.1, 0.15) is 5.84 Å². The largest absolute Gasteiger partial charge is 0.383 e. The van der Waals surface area contributed by atoms with Crippen molar-refractivity contribution < 1.29 is 9.78 Å². The lowest BCUT2D eigenvalue weighted by Gasteiger charge is -2.29. The van der Waals surface area contributed by atoms with Crippen molar-refractivity contribution in [1.29, 1.82) is 0 Å². The SMILES string of the molecule is Cc1ccc2c(c1)C(N)=NC21CCCOO1. The molecule has 0 aliphatic carbocycles. The molecule has 0 bridgehead atoms. The summed E-state index contributed by atoms with van der Waals surface area (Å²) in [6.07, 6.45) is 1.76. The predicted octanol–water partition coefficient (Wildman–Crippen LogP) is 1.61. The first-order valence-corrected chi connectivity index (χ1v) is 5.49. The zero-order chi connectivity index (χ0) is 11.2. The maximum atomic E-state index is 5.94. The Balaban J connectivity index is 2.13. The minimum Gasteiger partial charge on any atom is -0.383 e. The van der Waals surface area contributed by atoms with Crippen LogP contribution in [0.2, 0.25) is 0 Å². The Morgan fingerprint density at radius 1 is 1.44 bits per heavy atom. The molecule has 1 atom stereocenters. The third kappa shape index (κ3) is 1.27. The Hall–Kier alpha value is -1.39. The van der Waals surface area contributed by atoms with E-state index in [0.29, 0.717) is 12.4 Å². The predicted molar refractivity (Wildman–Crippen MR) is 59.9 cm³/mol. The van der Waals surface area contributed by atoms with Gasteiger partial charge in [0, 0.05) is 17.5 Å². The molecule has 2 heterocycles. The molecule has 4 nitrogen and oxygen atoms in total. The van der Waals surface area contributed by atoms with Crippen molar-refractivity contribution >= 4 is 5.84 Å². The zero-order valence-electron chi connectivity index (χ0n) is 9.19. The molecule has 3 rings (SSSR count). The lowest BCUT2D eigenvalue weighted by molar-refractivity contribution is -0.386. The fourth-order valence-electron chi connectivity index (χ4n) is 2.33. The number of amidine groups is 1. The highest BCUT2D eigenvalue weighted by Gasteiger charge is 2.43. The normalized spacial score (nSPS) is 27.9. The van der Waals surface area contributed by atoms with Crippen LogP contribution in [-0.4, -0.2) is 12.4 Å². The van der Waals surface area contributed by atoms with Gasteiger partial charge in [-0.25, -0.2) is 14.8 Å². The molecule has 1 aromatic rings. The van der Waals surface area contributed by atoms with Crippen molar-refractivity contribution in [2.45, 2.75) is 25.5 Å². The second-order valence-electron chi connectivity index (χ2n) is 4.34. The highest BCUT2D eigenvalue weighted by Crippen LogP contribution is 2.41. The molecule has 0 aromatic heterocycles. The molecule has 1 aromatic carbocycles.